The van der Waals surface area contributed by atoms with Crippen LogP contribution in [0.15, 0.2) is 18.3 Å². The zero-order chi connectivity index (χ0) is 27.1. The predicted molar refractivity (Wildman–Crippen MR) is 136 cm³/mol. The number of unbranched alkanes of at least 4 members (excludes halogenated alkanes) is 2. The molecule has 37 heavy (non-hydrogen) atoms. The maximum atomic E-state index is 11.6. The fraction of sp³-hybridized carbons (Fsp3) is 0.720. The maximum Gasteiger partial charge on any atom is 0.253 e. The Labute approximate surface area is 219 Å². The minimum absolute atomic E-state index is 0.0225. The molecule has 0 spiro atoms. The van der Waals surface area contributed by atoms with E-state index in [0.717, 1.165) is 30.7 Å². The summed E-state index contributed by atoms with van der Waals surface area (Å²) >= 11 is 0. The molecule has 1 aromatic heterocycles. The molecule has 1 aliphatic heterocycles. The Morgan fingerprint density at radius 1 is 0.865 bits per heavy atom. The van der Waals surface area contributed by atoms with Gasteiger partial charge in [-0.25, -0.2) is 4.68 Å². The lowest BCUT2D eigenvalue weighted by Crippen LogP contribution is -2.29. The van der Waals surface area contributed by atoms with Crippen molar-refractivity contribution in [2.75, 3.05) is 59.4 Å². The lowest BCUT2D eigenvalue weighted by molar-refractivity contribution is -0.137. The smallest absolute Gasteiger partial charge is 0.253 e. The molecular weight excluding hydrogens is 482 g/mol. The third-order valence-corrected chi connectivity index (χ3v) is 4.96. The summed E-state index contributed by atoms with van der Waals surface area (Å²) in [6, 6.07) is 0. The Morgan fingerprint density at radius 2 is 1.43 bits per heavy atom. The highest BCUT2D eigenvalue weighted by Gasteiger charge is 2.24. The van der Waals surface area contributed by atoms with Crippen LogP contribution in [0.5, 0.6) is 0 Å². The van der Waals surface area contributed by atoms with Gasteiger partial charge in [0.2, 0.25) is 5.91 Å². The summed E-state index contributed by atoms with van der Waals surface area (Å²) in [5, 5.41) is 10.8. The number of ether oxygens (including phenoxy) is 4. The summed E-state index contributed by atoms with van der Waals surface area (Å²) in [5.74, 6) is -0.670. The highest BCUT2D eigenvalue weighted by Crippen LogP contribution is 2.08. The van der Waals surface area contributed by atoms with Gasteiger partial charge in [0, 0.05) is 25.1 Å². The molecule has 0 bridgehead atoms. The number of hydrogen-bond acceptors (Lipinski definition) is 9. The Hall–Kier alpha value is -2.67. The maximum absolute atomic E-state index is 11.6. The number of rotatable bonds is 21. The zero-order valence-electron chi connectivity index (χ0n) is 22.5. The highest BCUT2D eigenvalue weighted by molar-refractivity contribution is 6.12. The van der Waals surface area contributed by atoms with E-state index in [1.807, 2.05) is 13.8 Å². The lowest BCUT2D eigenvalue weighted by atomic mass is 10.2. The molecule has 12 heteroatoms. The average Bonchev–Trinajstić information content (AvgIpc) is 3.49. The van der Waals surface area contributed by atoms with Gasteiger partial charge in [0.1, 0.15) is 5.69 Å². The van der Waals surface area contributed by atoms with Crippen molar-refractivity contribution in [2.45, 2.75) is 59.5 Å². The number of aromatic nitrogens is 3. The van der Waals surface area contributed by atoms with Gasteiger partial charge in [-0.3, -0.25) is 19.3 Å². The molecule has 0 fully saturated rings. The van der Waals surface area contributed by atoms with E-state index in [1.165, 1.54) is 12.2 Å². The first kappa shape index (κ1) is 32.4. The fourth-order valence-electron chi connectivity index (χ4n) is 3.05. The van der Waals surface area contributed by atoms with Gasteiger partial charge in [0.25, 0.3) is 11.8 Å². The van der Waals surface area contributed by atoms with Crippen LogP contribution in [0.3, 0.4) is 0 Å². The molecule has 0 aliphatic carbocycles. The number of hydrogen-bond donors (Lipinski definition) is 1. The molecule has 2 heterocycles. The van der Waals surface area contributed by atoms with Crippen molar-refractivity contribution in [3.63, 3.8) is 0 Å². The summed E-state index contributed by atoms with van der Waals surface area (Å²) < 4.78 is 23.4. The van der Waals surface area contributed by atoms with Crippen molar-refractivity contribution >= 4 is 17.7 Å². The Kier molecular flexibility index (Phi) is 18.7. The van der Waals surface area contributed by atoms with Gasteiger partial charge in [-0.15, -0.1) is 5.10 Å². The van der Waals surface area contributed by atoms with Crippen molar-refractivity contribution < 1.29 is 33.3 Å². The van der Waals surface area contributed by atoms with Crippen molar-refractivity contribution in [2.24, 2.45) is 0 Å². The first-order valence-electron chi connectivity index (χ1n) is 13.1. The lowest BCUT2D eigenvalue weighted by Gasteiger charge is -2.10. The van der Waals surface area contributed by atoms with E-state index >= 15 is 0 Å². The normalized spacial score (nSPS) is 12.7. The number of carbonyl (C=O) groups is 3. The molecule has 1 aromatic rings. The molecule has 0 radical (unpaired) electrons. The summed E-state index contributed by atoms with van der Waals surface area (Å²) in [4.78, 5) is 35.8. The Morgan fingerprint density at radius 3 is 2.03 bits per heavy atom. The topological polar surface area (TPSA) is 134 Å². The quantitative estimate of drug-likeness (QED) is 0.187. The van der Waals surface area contributed by atoms with Gasteiger partial charge in [0.15, 0.2) is 0 Å². The summed E-state index contributed by atoms with van der Waals surface area (Å²) in [7, 11) is 0. The molecule has 0 saturated carbocycles. The van der Waals surface area contributed by atoms with Crippen LogP contribution in [0.25, 0.3) is 0 Å². The fourth-order valence-corrected chi connectivity index (χ4v) is 3.05. The summed E-state index contributed by atoms with van der Waals surface area (Å²) in [6.07, 6.45) is 7.81. The number of imide groups is 1. The number of amides is 3. The van der Waals surface area contributed by atoms with Crippen LogP contribution in [0, 0.1) is 0 Å². The zero-order valence-corrected chi connectivity index (χ0v) is 22.5. The first-order chi connectivity index (χ1) is 18.1. The minimum Gasteiger partial charge on any atom is -0.379 e. The van der Waals surface area contributed by atoms with E-state index in [-0.39, 0.29) is 24.3 Å². The molecule has 210 valence electrons. The standard InChI is InChI=1S/C23H37N5O7.C2H6/c1-2-3-4-8-24-21(29)7-10-32-12-14-34-16-17-35-15-13-33-11-9-27-18-20(25-26-27)19-28-22(30)5-6-23(28)31;1-2/h5-6,18H,2-4,7-17,19H2,1H3,(H,24,29);1-2H3. The first-order valence-corrected chi connectivity index (χ1v) is 13.1. The highest BCUT2D eigenvalue weighted by atomic mass is 16.6. The van der Waals surface area contributed by atoms with Gasteiger partial charge >= 0.3 is 0 Å². The monoisotopic (exact) mass is 525 g/mol. The molecule has 3 amide bonds. The molecule has 0 unspecified atom stereocenters. The van der Waals surface area contributed by atoms with Crippen LogP contribution in [0.1, 0.15) is 52.1 Å². The molecule has 0 aromatic carbocycles. The molecule has 0 saturated heterocycles. The SMILES string of the molecule is CC.CCCCCNC(=O)CCOCCOCCOCCOCCn1cc(CN2C(=O)C=CC2=O)nn1. The van der Waals surface area contributed by atoms with Gasteiger partial charge in [-0.1, -0.05) is 38.8 Å². The number of nitrogens with one attached hydrogen (secondary N) is 1. The second-order valence-corrected chi connectivity index (χ2v) is 7.83. The largest absolute Gasteiger partial charge is 0.379 e. The average molecular weight is 526 g/mol. The molecule has 1 aliphatic rings. The van der Waals surface area contributed by atoms with E-state index in [2.05, 4.69) is 22.6 Å². The van der Waals surface area contributed by atoms with Crippen LogP contribution in [0.4, 0.5) is 0 Å². The van der Waals surface area contributed by atoms with E-state index < -0.39 is 0 Å². The Bertz CT molecular complexity index is 782. The predicted octanol–water partition coefficient (Wildman–Crippen LogP) is 1.49. The third-order valence-electron chi connectivity index (χ3n) is 4.96. The van der Waals surface area contributed by atoms with E-state index in [0.29, 0.717) is 71.5 Å². The van der Waals surface area contributed by atoms with Crippen molar-refractivity contribution in [1.29, 1.82) is 0 Å². The van der Waals surface area contributed by atoms with Crippen molar-refractivity contribution in [3.8, 4) is 0 Å². The second kappa shape index (κ2) is 21.4. The van der Waals surface area contributed by atoms with Crippen molar-refractivity contribution in [1.82, 2.24) is 25.2 Å². The minimum atomic E-state index is -0.346. The molecule has 2 rings (SSSR count). The summed E-state index contributed by atoms with van der Waals surface area (Å²) in [5.41, 5.74) is 0.535. The second-order valence-electron chi connectivity index (χ2n) is 7.83. The van der Waals surface area contributed by atoms with Crippen LogP contribution < -0.4 is 5.32 Å². The van der Waals surface area contributed by atoms with Gasteiger partial charge < -0.3 is 24.3 Å². The van der Waals surface area contributed by atoms with Crippen LogP contribution in [0.2, 0.25) is 0 Å². The van der Waals surface area contributed by atoms with Crippen LogP contribution in [-0.4, -0.2) is 97.0 Å². The van der Waals surface area contributed by atoms with E-state index in [1.54, 1.807) is 10.9 Å². The molecule has 12 nitrogen and oxygen atoms in total. The van der Waals surface area contributed by atoms with Crippen molar-refractivity contribution in [3.05, 3.63) is 24.0 Å². The number of carbonyl (C=O) groups excluding carboxylic acids is 3. The molecular formula is C25H43N5O7. The summed E-state index contributed by atoms with van der Waals surface area (Å²) in [6.45, 7) is 11.0. The van der Waals surface area contributed by atoms with Gasteiger partial charge in [-0.2, -0.15) is 0 Å². The van der Waals surface area contributed by atoms with Gasteiger partial charge in [-0.05, 0) is 6.42 Å². The van der Waals surface area contributed by atoms with Gasteiger partial charge in [0.05, 0.1) is 72.1 Å². The third kappa shape index (κ3) is 15.2. The van der Waals surface area contributed by atoms with Crippen LogP contribution >= 0.6 is 0 Å². The van der Waals surface area contributed by atoms with E-state index in [4.69, 9.17) is 18.9 Å². The van der Waals surface area contributed by atoms with Crippen LogP contribution in [-0.2, 0) is 46.4 Å². The molecule has 1 N–H and O–H groups in total. The molecule has 0 atom stereocenters. The van der Waals surface area contributed by atoms with E-state index in [9.17, 15) is 14.4 Å². The Balaban J connectivity index is 0.00000334. The number of nitrogens with zero attached hydrogens (tertiary/aromatic N) is 4.